The van der Waals surface area contributed by atoms with Crippen molar-refractivity contribution >= 4 is 21.9 Å². The first kappa shape index (κ1) is 14.0. The van der Waals surface area contributed by atoms with Crippen molar-refractivity contribution in [3.63, 3.8) is 0 Å². The summed E-state index contributed by atoms with van der Waals surface area (Å²) in [5, 5.41) is 0. The zero-order valence-electron chi connectivity index (χ0n) is 9.70. The number of rotatable bonds is 5. The monoisotopic (exact) mass is 304 g/mol. The Hall–Kier alpha value is -1.10. The number of hydrogen-bond acceptors (Lipinski definition) is 3. The minimum atomic E-state index is -0.699. The van der Waals surface area contributed by atoms with E-state index in [4.69, 9.17) is 9.47 Å². The third-order valence-corrected chi connectivity index (χ3v) is 2.73. The van der Waals surface area contributed by atoms with E-state index < -0.39 is 17.9 Å². The Morgan fingerprint density at radius 3 is 2.71 bits per heavy atom. The van der Waals surface area contributed by atoms with Crippen molar-refractivity contribution in [2.75, 3.05) is 6.61 Å². The minimum Gasteiger partial charge on any atom is -0.479 e. The van der Waals surface area contributed by atoms with Crippen LogP contribution in [0.5, 0.6) is 5.75 Å². The van der Waals surface area contributed by atoms with Crippen LogP contribution in [0.15, 0.2) is 22.7 Å². The summed E-state index contributed by atoms with van der Waals surface area (Å²) >= 11 is 3.04. The van der Waals surface area contributed by atoms with Crippen LogP contribution >= 0.6 is 15.9 Å². The van der Waals surface area contributed by atoms with Crippen molar-refractivity contribution in [1.82, 2.24) is 0 Å². The zero-order valence-corrected chi connectivity index (χ0v) is 11.3. The molecule has 3 nitrogen and oxygen atoms in total. The number of carbonyl (C=O) groups excluding carboxylic acids is 1. The molecule has 1 unspecified atom stereocenters. The molecule has 17 heavy (non-hydrogen) atoms. The second-order valence-electron chi connectivity index (χ2n) is 3.34. The summed E-state index contributed by atoms with van der Waals surface area (Å²) in [6.45, 7) is 3.83. The van der Waals surface area contributed by atoms with Gasteiger partial charge in [0.15, 0.2) is 6.10 Å². The Balaban J connectivity index is 2.73. The van der Waals surface area contributed by atoms with E-state index >= 15 is 0 Å². The summed E-state index contributed by atoms with van der Waals surface area (Å²) in [6, 6.07) is 4.35. The van der Waals surface area contributed by atoms with E-state index in [0.717, 1.165) is 0 Å². The van der Waals surface area contributed by atoms with E-state index in [1.807, 2.05) is 0 Å². The predicted octanol–water partition coefficient (Wildman–Crippen LogP) is 3.31. The summed E-state index contributed by atoms with van der Waals surface area (Å²) < 4.78 is 23.8. The molecule has 0 aliphatic heterocycles. The van der Waals surface area contributed by atoms with Crippen LogP contribution in [0, 0.1) is 5.82 Å². The van der Waals surface area contributed by atoms with Crippen LogP contribution < -0.4 is 4.74 Å². The number of carbonyl (C=O) groups is 1. The molecule has 0 aromatic heterocycles. The van der Waals surface area contributed by atoms with Crippen molar-refractivity contribution in [2.45, 2.75) is 26.4 Å². The second-order valence-corrected chi connectivity index (χ2v) is 4.20. The summed E-state index contributed by atoms with van der Waals surface area (Å²) in [6.07, 6.45) is -0.230. The average molecular weight is 305 g/mol. The highest BCUT2D eigenvalue weighted by Crippen LogP contribution is 2.22. The van der Waals surface area contributed by atoms with Gasteiger partial charge in [0.25, 0.3) is 0 Å². The van der Waals surface area contributed by atoms with Gasteiger partial charge in [0.2, 0.25) is 0 Å². The Morgan fingerprint density at radius 2 is 2.18 bits per heavy atom. The molecule has 0 saturated carbocycles. The highest BCUT2D eigenvalue weighted by atomic mass is 79.9. The molecule has 1 rings (SSSR count). The first-order valence-corrected chi connectivity index (χ1v) is 6.16. The first-order valence-electron chi connectivity index (χ1n) is 5.36. The van der Waals surface area contributed by atoms with Gasteiger partial charge in [-0.15, -0.1) is 0 Å². The standard InChI is InChI=1S/C12H14BrFO3/c1-3-11(12(15)16-4-2)17-8-5-6-9(13)10(14)7-8/h5-7,11H,3-4H2,1-2H3. The topological polar surface area (TPSA) is 35.5 Å². The maximum atomic E-state index is 13.2. The normalized spacial score (nSPS) is 12.0. The lowest BCUT2D eigenvalue weighted by Crippen LogP contribution is -2.28. The fraction of sp³-hybridized carbons (Fsp3) is 0.417. The van der Waals surface area contributed by atoms with Crippen molar-refractivity contribution in [3.8, 4) is 5.75 Å². The van der Waals surface area contributed by atoms with Gasteiger partial charge in [-0.3, -0.25) is 0 Å². The van der Waals surface area contributed by atoms with Crippen LogP contribution in [0.2, 0.25) is 0 Å². The van der Waals surface area contributed by atoms with Crippen LogP contribution in [0.25, 0.3) is 0 Å². The SMILES string of the molecule is CCOC(=O)C(CC)Oc1ccc(Br)c(F)c1. The van der Waals surface area contributed by atoms with E-state index in [-0.39, 0.29) is 0 Å². The molecule has 0 heterocycles. The number of ether oxygens (including phenoxy) is 2. The summed E-state index contributed by atoms with van der Waals surface area (Å²) in [5.41, 5.74) is 0. The van der Waals surface area contributed by atoms with Gasteiger partial charge < -0.3 is 9.47 Å². The lowest BCUT2D eigenvalue weighted by Gasteiger charge is -2.16. The van der Waals surface area contributed by atoms with Crippen LogP contribution in [-0.4, -0.2) is 18.7 Å². The van der Waals surface area contributed by atoms with Gasteiger partial charge in [0, 0.05) is 6.07 Å². The third kappa shape index (κ3) is 4.00. The van der Waals surface area contributed by atoms with Crippen LogP contribution in [-0.2, 0) is 9.53 Å². The molecular weight excluding hydrogens is 291 g/mol. The second kappa shape index (κ2) is 6.59. The molecular formula is C12H14BrFO3. The van der Waals surface area contributed by atoms with E-state index in [0.29, 0.717) is 23.2 Å². The van der Waals surface area contributed by atoms with Gasteiger partial charge in [-0.2, -0.15) is 0 Å². The molecule has 0 spiro atoms. The van der Waals surface area contributed by atoms with E-state index in [1.54, 1.807) is 19.9 Å². The minimum absolute atomic E-state index is 0.299. The van der Waals surface area contributed by atoms with Crippen LogP contribution in [0.3, 0.4) is 0 Å². The predicted molar refractivity (Wildman–Crippen MR) is 65.4 cm³/mol. The fourth-order valence-electron chi connectivity index (χ4n) is 1.25. The Labute approximate surface area is 108 Å². The first-order chi connectivity index (χ1) is 8.08. The van der Waals surface area contributed by atoms with Gasteiger partial charge in [-0.1, -0.05) is 6.92 Å². The van der Waals surface area contributed by atoms with Crippen LogP contribution in [0.1, 0.15) is 20.3 Å². The highest BCUT2D eigenvalue weighted by molar-refractivity contribution is 9.10. The molecule has 0 N–H and O–H groups in total. The zero-order chi connectivity index (χ0) is 12.8. The molecule has 1 atom stereocenters. The van der Waals surface area contributed by atoms with E-state index in [2.05, 4.69) is 15.9 Å². The molecule has 0 amide bonds. The van der Waals surface area contributed by atoms with Crippen LogP contribution in [0.4, 0.5) is 4.39 Å². The molecule has 1 aromatic carbocycles. The molecule has 0 aliphatic carbocycles. The average Bonchev–Trinajstić information content (AvgIpc) is 2.30. The van der Waals surface area contributed by atoms with E-state index in [9.17, 15) is 9.18 Å². The molecule has 94 valence electrons. The number of hydrogen-bond donors (Lipinski definition) is 0. The summed E-state index contributed by atoms with van der Waals surface area (Å²) in [5.74, 6) is -0.551. The Morgan fingerprint density at radius 1 is 1.47 bits per heavy atom. The Bertz CT molecular complexity index is 395. The van der Waals surface area contributed by atoms with Gasteiger partial charge in [0.05, 0.1) is 11.1 Å². The quantitative estimate of drug-likeness (QED) is 0.783. The number of benzene rings is 1. The maximum absolute atomic E-state index is 13.2. The fourth-order valence-corrected chi connectivity index (χ4v) is 1.49. The van der Waals surface area contributed by atoms with Crippen molar-refractivity contribution in [2.24, 2.45) is 0 Å². The molecule has 0 radical (unpaired) electrons. The van der Waals surface area contributed by atoms with Crippen molar-refractivity contribution in [3.05, 3.63) is 28.5 Å². The highest BCUT2D eigenvalue weighted by Gasteiger charge is 2.19. The molecule has 1 aromatic rings. The van der Waals surface area contributed by atoms with Gasteiger partial charge in [0.1, 0.15) is 11.6 Å². The van der Waals surface area contributed by atoms with Gasteiger partial charge in [-0.05, 0) is 41.4 Å². The summed E-state index contributed by atoms with van der Waals surface area (Å²) in [4.78, 5) is 11.5. The van der Waals surface area contributed by atoms with Crippen molar-refractivity contribution < 1.29 is 18.7 Å². The van der Waals surface area contributed by atoms with Gasteiger partial charge >= 0.3 is 5.97 Å². The molecule has 5 heteroatoms. The smallest absolute Gasteiger partial charge is 0.347 e. The molecule has 0 bridgehead atoms. The molecule has 0 saturated heterocycles. The molecule has 0 aliphatic rings. The lowest BCUT2D eigenvalue weighted by atomic mass is 10.2. The lowest BCUT2D eigenvalue weighted by molar-refractivity contribution is -0.151. The number of halogens is 2. The number of esters is 1. The molecule has 0 fully saturated rings. The van der Waals surface area contributed by atoms with E-state index in [1.165, 1.54) is 12.1 Å². The van der Waals surface area contributed by atoms with Gasteiger partial charge in [-0.25, -0.2) is 9.18 Å². The van der Waals surface area contributed by atoms with Crippen molar-refractivity contribution in [1.29, 1.82) is 0 Å². The maximum Gasteiger partial charge on any atom is 0.347 e. The third-order valence-electron chi connectivity index (χ3n) is 2.09. The summed E-state index contributed by atoms with van der Waals surface area (Å²) in [7, 11) is 0. The largest absolute Gasteiger partial charge is 0.479 e. The Kier molecular flexibility index (Phi) is 5.41.